The summed E-state index contributed by atoms with van der Waals surface area (Å²) >= 11 is 0. The third-order valence-electron chi connectivity index (χ3n) is 3.67. The highest BCUT2D eigenvalue weighted by Gasteiger charge is 2.23. The zero-order valence-electron chi connectivity index (χ0n) is 10.7. The van der Waals surface area contributed by atoms with E-state index in [0.717, 1.165) is 24.4 Å². The van der Waals surface area contributed by atoms with Crippen molar-refractivity contribution in [2.24, 2.45) is 18.9 Å². The number of nitrogens with zero attached hydrogens (tertiary/aromatic N) is 1. The van der Waals surface area contributed by atoms with Crippen LogP contribution in [0.3, 0.4) is 0 Å². The number of hydrogen-bond donors (Lipinski definition) is 1. The number of nitrogens with one attached hydrogen (secondary N) is 1. The van der Waals surface area contributed by atoms with E-state index in [9.17, 15) is 0 Å². The minimum atomic E-state index is 0.721. The average Bonchev–Trinajstić information content (AvgIpc) is 2.60. The van der Waals surface area contributed by atoms with Gasteiger partial charge in [-0.2, -0.15) is 0 Å². The Morgan fingerprint density at radius 3 is 2.50 bits per heavy atom. The van der Waals surface area contributed by atoms with Crippen LogP contribution in [0.25, 0.3) is 0 Å². The van der Waals surface area contributed by atoms with E-state index in [1.54, 1.807) is 0 Å². The van der Waals surface area contributed by atoms with Gasteiger partial charge in [0.25, 0.3) is 0 Å². The summed E-state index contributed by atoms with van der Waals surface area (Å²) in [7, 11) is 2.08. The van der Waals surface area contributed by atoms with Gasteiger partial charge in [-0.05, 0) is 42.7 Å². The van der Waals surface area contributed by atoms with Crippen LogP contribution >= 0.6 is 0 Å². The molecule has 2 heteroatoms. The van der Waals surface area contributed by atoms with Gasteiger partial charge in [-0.25, -0.2) is 0 Å². The van der Waals surface area contributed by atoms with Crippen molar-refractivity contribution in [1.29, 1.82) is 0 Å². The molecule has 1 aliphatic rings. The molecule has 1 fully saturated rings. The molecular weight excluding hydrogens is 196 g/mol. The molecular formula is C14H24N2. The van der Waals surface area contributed by atoms with Crippen LogP contribution in [-0.2, 0) is 13.6 Å². The van der Waals surface area contributed by atoms with Gasteiger partial charge in [0, 0.05) is 32.0 Å². The monoisotopic (exact) mass is 220 g/mol. The summed E-state index contributed by atoms with van der Waals surface area (Å²) in [5.41, 5.74) is 1.40. The van der Waals surface area contributed by atoms with Gasteiger partial charge in [-0.3, -0.25) is 0 Å². The lowest BCUT2D eigenvalue weighted by Crippen LogP contribution is -2.35. The van der Waals surface area contributed by atoms with E-state index in [-0.39, 0.29) is 0 Å². The molecule has 0 saturated heterocycles. The van der Waals surface area contributed by atoms with E-state index in [1.807, 2.05) is 0 Å². The lowest BCUT2D eigenvalue weighted by Gasteiger charge is -2.32. The molecule has 0 bridgehead atoms. The first-order valence-electron chi connectivity index (χ1n) is 6.47. The van der Waals surface area contributed by atoms with Crippen molar-refractivity contribution in [3.05, 3.63) is 24.0 Å². The molecule has 16 heavy (non-hydrogen) atoms. The molecule has 90 valence electrons. The highest BCUT2D eigenvalue weighted by molar-refractivity contribution is 5.09. The zero-order valence-corrected chi connectivity index (χ0v) is 10.7. The molecule has 1 heterocycles. The molecule has 2 rings (SSSR count). The second kappa shape index (κ2) is 5.05. The molecule has 2 unspecified atom stereocenters. The SMILES string of the molecule is CC1CC(C)CC(NCc2ccn(C)c2)C1. The zero-order chi connectivity index (χ0) is 11.5. The molecule has 2 nitrogen and oxygen atoms in total. The quantitative estimate of drug-likeness (QED) is 0.828. The third kappa shape index (κ3) is 3.11. The molecule has 1 saturated carbocycles. The van der Waals surface area contributed by atoms with Crippen LogP contribution in [0.1, 0.15) is 38.7 Å². The first kappa shape index (κ1) is 11.7. The smallest absolute Gasteiger partial charge is 0.0223 e. The molecule has 1 aromatic heterocycles. The predicted molar refractivity (Wildman–Crippen MR) is 68.2 cm³/mol. The van der Waals surface area contributed by atoms with Gasteiger partial charge in [-0.15, -0.1) is 0 Å². The molecule has 1 N–H and O–H groups in total. The predicted octanol–water partition coefficient (Wildman–Crippen LogP) is 2.94. The number of rotatable bonds is 3. The number of aromatic nitrogens is 1. The molecule has 1 aliphatic carbocycles. The van der Waals surface area contributed by atoms with Crippen molar-refractivity contribution in [3.8, 4) is 0 Å². The van der Waals surface area contributed by atoms with Gasteiger partial charge < -0.3 is 9.88 Å². The van der Waals surface area contributed by atoms with E-state index in [0.29, 0.717) is 0 Å². The van der Waals surface area contributed by atoms with Gasteiger partial charge in [-0.1, -0.05) is 13.8 Å². The van der Waals surface area contributed by atoms with Crippen molar-refractivity contribution < 1.29 is 0 Å². The first-order chi connectivity index (χ1) is 7.63. The number of aryl methyl sites for hydroxylation is 1. The summed E-state index contributed by atoms with van der Waals surface area (Å²) in [6.07, 6.45) is 8.41. The highest BCUT2D eigenvalue weighted by atomic mass is 14.9. The van der Waals surface area contributed by atoms with Crippen LogP contribution in [0.15, 0.2) is 18.5 Å². The van der Waals surface area contributed by atoms with Gasteiger partial charge in [0.15, 0.2) is 0 Å². The van der Waals surface area contributed by atoms with Crippen LogP contribution in [0.5, 0.6) is 0 Å². The summed E-state index contributed by atoms with van der Waals surface area (Å²) in [5, 5.41) is 3.70. The first-order valence-corrected chi connectivity index (χ1v) is 6.47. The molecule has 0 aromatic carbocycles. The third-order valence-corrected chi connectivity index (χ3v) is 3.67. The van der Waals surface area contributed by atoms with Crippen molar-refractivity contribution in [2.45, 2.75) is 45.7 Å². The van der Waals surface area contributed by atoms with E-state index in [4.69, 9.17) is 0 Å². The largest absolute Gasteiger partial charge is 0.357 e. The Morgan fingerprint density at radius 2 is 1.94 bits per heavy atom. The average molecular weight is 220 g/mol. The van der Waals surface area contributed by atoms with Crippen molar-refractivity contribution in [2.75, 3.05) is 0 Å². The Labute approximate surface area is 99.0 Å². The fourth-order valence-corrected chi connectivity index (χ4v) is 3.04. The molecule has 0 amide bonds. The lowest BCUT2D eigenvalue weighted by molar-refractivity contribution is 0.238. The lowest BCUT2D eigenvalue weighted by atomic mass is 9.80. The van der Waals surface area contributed by atoms with Gasteiger partial charge >= 0.3 is 0 Å². The maximum atomic E-state index is 3.70. The Morgan fingerprint density at radius 1 is 1.25 bits per heavy atom. The maximum Gasteiger partial charge on any atom is 0.0223 e. The van der Waals surface area contributed by atoms with Crippen molar-refractivity contribution in [1.82, 2.24) is 9.88 Å². The van der Waals surface area contributed by atoms with Gasteiger partial charge in [0.1, 0.15) is 0 Å². The van der Waals surface area contributed by atoms with Crippen LogP contribution < -0.4 is 5.32 Å². The standard InChI is InChI=1S/C14H24N2/c1-11-6-12(2)8-14(7-11)15-9-13-4-5-16(3)10-13/h4-5,10-12,14-15H,6-9H2,1-3H3. The van der Waals surface area contributed by atoms with Gasteiger partial charge in [0.05, 0.1) is 0 Å². The van der Waals surface area contributed by atoms with E-state index < -0.39 is 0 Å². The van der Waals surface area contributed by atoms with E-state index in [2.05, 4.69) is 49.2 Å². The van der Waals surface area contributed by atoms with Crippen molar-refractivity contribution in [3.63, 3.8) is 0 Å². The highest BCUT2D eigenvalue weighted by Crippen LogP contribution is 2.28. The van der Waals surface area contributed by atoms with E-state index in [1.165, 1.54) is 24.8 Å². The summed E-state index contributed by atoms with van der Waals surface area (Å²) in [6, 6.07) is 2.92. The summed E-state index contributed by atoms with van der Waals surface area (Å²) in [4.78, 5) is 0. The second-order valence-electron chi connectivity index (χ2n) is 5.68. The molecule has 1 aromatic rings. The van der Waals surface area contributed by atoms with Gasteiger partial charge in [0.2, 0.25) is 0 Å². The fourth-order valence-electron chi connectivity index (χ4n) is 3.04. The molecule has 2 atom stereocenters. The second-order valence-corrected chi connectivity index (χ2v) is 5.68. The number of hydrogen-bond acceptors (Lipinski definition) is 1. The van der Waals surface area contributed by atoms with Crippen molar-refractivity contribution >= 4 is 0 Å². The molecule has 0 radical (unpaired) electrons. The Hall–Kier alpha value is -0.760. The van der Waals surface area contributed by atoms with Crippen LogP contribution in [-0.4, -0.2) is 10.6 Å². The Bertz CT molecular complexity index is 319. The van der Waals surface area contributed by atoms with E-state index >= 15 is 0 Å². The topological polar surface area (TPSA) is 17.0 Å². The van der Waals surface area contributed by atoms with Crippen LogP contribution in [0.4, 0.5) is 0 Å². The van der Waals surface area contributed by atoms with Crippen LogP contribution in [0, 0.1) is 11.8 Å². The fraction of sp³-hybridized carbons (Fsp3) is 0.714. The minimum absolute atomic E-state index is 0.721. The molecule has 0 aliphatic heterocycles. The summed E-state index contributed by atoms with van der Waals surface area (Å²) < 4.78 is 2.11. The summed E-state index contributed by atoms with van der Waals surface area (Å²) in [6.45, 7) is 5.78. The summed E-state index contributed by atoms with van der Waals surface area (Å²) in [5.74, 6) is 1.77. The minimum Gasteiger partial charge on any atom is -0.357 e. The maximum absolute atomic E-state index is 3.70. The normalized spacial score (nSPS) is 30.6. The molecule has 0 spiro atoms. The van der Waals surface area contributed by atoms with Crippen LogP contribution in [0.2, 0.25) is 0 Å². The Balaban J connectivity index is 1.81. The Kier molecular flexibility index (Phi) is 3.70.